The van der Waals surface area contributed by atoms with Gasteiger partial charge in [-0.3, -0.25) is 4.79 Å². The summed E-state index contributed by atoms with van der Waals surface area (Å²) in [6, 6.07) is 0. The molecule has 0 spiro atoms. The molecule has 2 nitrogen and oxygen atoms in total. The second-order valence-corrected chi connectivity index (χ2v) is 8.33. The van der Waals surface area contributed by atoms with E-state index in [2.05, 4.69) is 52.8 Å². The second-order valence-electron chi connectivity index (χ2n) is 8.33. The number of carbonyl (C=O) groups is 1. The molecule has 0 aromatic rings. The first-order chi connectivity index (χ1) is 12.7. The standard InChI is InChI=1S/C25H42O2/c1-20(2)11-8-12-22(5)13-9-14-23(6)15-10-16-24(7)17-18-27-25(26)19-21(3)4/h11,13,15,17,21H,8-10,12,14,16,18-19H2,1-7H3/b22-13+,23-15+,24-17+. The molecule has 2 heteroatoms. The van der Waals surface area contributed by atoms with E-state index in [0.717, 1.165) is 32.1 Å². The first kappa shape index (κ1) is 25.4. The minimum absolute atomic E-state index is 0.103. The van der Waals surface area contributed by atoms with E-state index in [1.54, 1.807) is 0 Å². The number of esters is 1. The molecule has 0 heterocycles. The molecule has 0 saturated heterocycles. The van der Waals surface area contributed by atoms with Crippen molar-refractivity contribution in [2.24, 2.45) is 5.92 Å². The summed E-state index contributed by atoms with van der Waals surface area (Å²) >= 11 is 0. The van der Waals surface area contributed by atoms with Gasteiger partial charge >= 0.3 is 5.97 Å². The van der Waals surface area contributed by atoms with Gasteiger partial charge in [-0.15, -0.1) is 0 Å². The molecule has 0 N–H and O–H groups in total. The summed E-state index contributed by atoms with van der Waals surface area (Å²) in [7, 11) is 0. The zero-order valence-electron chi connectivity index (χ0n) is 18.9. The van der Waals surface area contributed by atoms with Gasteiger partial charge in [-0.1, -0.05) is 54.4 Å². The van der Waals surface area contributed by atoms with Gasteiger partial charge in [0.25, 0.3) is 0 Å². The lowest BCUT2D eigenvalue weighted by atomic mass is 10.0. The first-order valence-electron chi connectivity index (χ1n) is 10.5. The van der Waals surface area contributed by atoms with Crippen LogP contribution in [0, 0.1) is 5.92 Å². The van der Waals surface area contributed by atoms with E-state index in [4.69, 9.17) is 4.74 Å². The third-order valence-corrected chi connectivity index (χ3v) is 4.41. The Morgan fingerprint density at radius 2 is 1.19 bits per heavy atom. The molecule has 0 bridgehead atoms. The van der Waals surface area contributed by atoms with Crippen LogP contribution < -0.4 is 0 Å². The monoisotopic (exact) mass is 374 g/mol. The van der Waals surface area contributed by atoms with Crippen LogP contribution in [0.5, 0.6) is 0 Å². The van der Waals surface area contributed by atoms with Gasteiger partial charge in [0.15, 0.2) is 0 Å². The predicted octanol–water partition coefficient (Wildman–Crippen LogP) is 7.72. The van der Waals surface area contributed by atoms with Crippen LogP contribution in [0.25, 0.3) is 0 Å². The molecule has 0 aromatic carbocycles. The Hall–Kier alpha value is -1.57. The Labute approximate surface area is 168 Å². The lowest BCUT2D eigenvalue weighted by Gasteiger charge is -2.05. The van der Waals surface area contributed by atoms with E-state index in [9.17, 15) is 4.79 Å². The van der Waals surface area contributed by atoms with Crippen molar-refractivity contribution in [2.45, 2.75) is 93.4 Å². The molecule has 0 aromatic heterocycles. The van der Waals surface area contributed by atoms with Crippen LogP contribution in [-0.4, -0.2) is 12.6 Å². The minimum atomic E-state index is -0.103. The first-order valence-corrected chi connectivity index (χ1v) is 10.5. The Balaban J connectivity index is 4.01. The van der Waals surface area contributed by atoms with E-state index < -0.39 is 0 Å². The fourth-order valence-electron chi connectivity index (χ4n) is 2.66. The predicted molar refractivity (Wildman–Crippen MR) is 119 cm³/mol. The molecule has 0 aliphatic carbocycles. The van der Waals surface area contributed by atoms with Crippen LogP contribution in [0.2, 0.25) is 0 Å². The fraction of sp³-hybridized carbons (Fsp3) is 0.640. The highest BCUT2D eigenvalue weighted by atomic mass is 16.5. The van der Waals surface area contributed by atoms with Gasteiger partial charge in [0, 0.05) is 6.42 Å². The topological polar surface area (TPSA) is 26.3 Å². The number of hydrogen-bond acceptors (Lipinski definition) is 2. The fourth-order valence-corrected chi connectivity index (χ4v) is 2.66. The van der Waals surface area contributed by atoms with E-state index in [-0.39, 0.29) is 5.97 Å². The van der Waals surface area contributed by atoms with Gasteiger partial charge in [0.1, 0.15) is 6.61 Å². The Morgan fingerprint density at radius 3 is 1.63 bits per heavy atom. The quantitative estimate of drug-likeness (QED) is 0.243. The number of allylic oxidation sites excluding steroid dienone is 7. The van der Waals surface area contributed by atoms with Gasteiger partial charge in [-0.05, 0) is 85.1 Å². The lowest BCUT2D eigenvalue weighted by Crippen LogP contribution is -2.07. The summed E-state index contributed by atoms with van der Waals surface area (Å²) in [5.41, 5.74) is 5.64. The molecular formula is C25H42O2. The number of ether oxygens (including phenoxy) is 1. The van der Waals surface area contributed by atoms with Crippen LogP contribution in [-0.2, 0) is 9.53 Å². The zero-order valence-corrected chi connectivity index (χ0v) is 18.9. The third kappa shape index (κ3) is 17.6. The van der Waals surface area contributed by atoms with Gasteiger partial charge in [-0.2, -0.15) is 0 Å². The number of hydrogen-bond donors (Lipinski definition) is 0. The molecule has 0 fully saturated rings. The van der Waals surface area contributed by atoms with Gasteiger partial charge in [0.05, 0.1) is 0 Å². The van der Waals surface area contributed by atoms with Crippen molar-refractivity contribution >= 4 is 5.97 Å². The molecule has 0 unspecified atom stereocenters. The maximum Gasteiger partial charge on any atom is 0.306 e. The molecule has 154 valence electrons. The van der Waals surface area contributed by atoms with E-state index in [0.29, 0.717) is 18.9 Å². The molecule has 0 radical (unpaired) electrons. The van der Waals surface area contributed by atoms with Crippen molar-refractivity contribution in [1.29, 1.82) is 0 Å². The molecule has 27 heavy (non-hydrogen) atoms. The Kier molecular flexibility index (Phi) is 14.6. The second kappa shape index (κ2) is 15.5. The average Bonchev–Trinajstić information content (AvgIpc) is 2.53. The summed E-state index contributed by atoms with van der Waals surface area (Å²) in [6.45, 7) is 15.3. The molecule has 0 amide bonds. The van der Waals surface area contributed by atoms with Crippen molar-refractivity contribution in [1.82, 2.24) is 0 Å². The minimum Gasteiger partial charge on any atom is -0.461 e. The third-order valence-electron chi connectivity index (χ3n) is 4.41. The molecule has 0 aliphatic heterocycles. The highest BCUT2D eigenvalue weighted by Crippen LogP contribution is 2.13. The summed E-state index contributed by atoms with van der Waals surface area (Å²) in [5.74, 6) is 0.251. The Bertz CT molecular complexity index is 541. The van der Waals surface area contributed by atoms with Crippen molar-refractivity contribution < 1.29 is 9.53 Å². The van der Waals surface area contributed by atoms with E-state index in [1.807, 2.05) is 19.9 Å². The lowest BCUT2D eigenvalue weighted by molar-refractivity contribution is -0.143. The van der Waals surface area contributed by atoms with E-state index >= 15 is 0 Å². The van der Waals surface area contributed by atoms with Crippen LogP contribution in [0.15, 0.2) is 46.6 Å². The van der Waals surface area contributed by atoms with Crippen molar-refractivity contribution in [3.63, 3.8) is 0 Å². The molecule has 0 aliphatic rings. The molecule has 0 rings (SSSR count). The van der Waals surface area contributed by atoms with Gasteiger partial charge < -0.3 is 4.74 Å². The summed E-state index contributed by atoms with van der Waals surface area (Å²) < 4.78 is 5.23. The van der Waals surface area contributed by atoms with Crippen LogP contribution >= 0.6 is 0 Å². The highest BCUT2D eigenvalue weighted by molar-refractivity contribution is 5.69. The van der Waals surface area contributed by atoms with Gasteiger partial charge in [0.2, 0.25) is 0 Å². The Morgan fingerprint density at radius 1 is 0.741 bits per heavy atom. The van der Waals surface area contributed by atoms with Crippen LogP contribution in [0.4, 0.5) is 0 Å². The average molecular weight is 375 g/mol. The largest absolute Gasteiger partial charge is 0.461 e. The highest BCUT2D eigenvalue weighted by Gasteiger charge is 2.04. The smallest absolute Gasteiger partial charge is 0.306 e. The maximum absolute atomic E-state index is 11.5. The normalized spacial score (nSPS) is 13.1. The summed E-state index contributed by atoms with van der Waals surface area (Å²) in [6.07, 6.45) is 16.2. The SMILES string of the molecule is CC(C)=CCC/C(C)=C/CC/C(C)=C/CC/C(C)=C/COC(=O)CC(C)C. The summed E-state index contributed by atoms with van der Waals surface area (Å²) in [4.78, 5) is 11.5. The van der Waals surface area contributed by atoms with E-state index in [1.165, 1.54) is 28.7 Å². The van der Waals surface area contributed by atoms with Crippen LogP contribution in [0.3, 0.4) is 0 Å². The maximum atomic E-state index is 11.5. The van der Waals surface area contributed by atoms with Crippen molar-refractivity contribution in [2.75, 3.05) is 6.61 Å². The van der Waals surface area contributed by atoms with Gasteiger partial charge in [-0.25, -0.2) is 0 Å². The zero-order chi connectivity index (χ0) is 20.7. The molecular weight excluding hydrogens is 332 g/mol. The van der Waals surface area contributed by atoms with Crippen LogP contribution in [0.1, 0.15) is 93.4 Å². The summed E-state index contributed by atoms with van der Waals surface area (Å²) in [5, 5.41) is 0. The molecule has 0 saturated carbocycles. The number of carbonyl (C=O) groups excluding carboxylic acids is 1. The molecule has 0 atom stereocenters. The van der Waals surface area contributed by atoms with Crippen molar-refractivity contribution in [3.05, 3.63) is 46.6 Å². The number of rotatable bonds is 13. The van der Waals surface area contributed by atoms with Crippen molar-refractivity contribution in [3.8, 4) is 0 Å².